The number of hydrogen-bond acceptors (Lipinski definition) is 2. The highest BCUT2D eigenvalue weighted by Gasteiger charge is 2.24. The Morgan fingerprint density at radius 1 is 0.808 bits per heavy atom. The standard InChI is InChI=1S/C22H32N2O2/c25-21(13-11-19-7-3-1-4-8-19)23-15-17-24(18-16-23)22(26)14-12-20-9-5-2-6-10-20/h1,3-4,7-8,20H,2,5-6,9-18H2. The Balaban J connectivity index is 1.35. The van der Waals surface area contributed by atoms with Crippen molar-refractivity contribution in [2.45, 2.75) is 57.8 Å². The lowest BCUT2D eigenvalue weighted by molar-refractivity contribution is -0.139. The van der Waals surface area contributed by atoms with Gasteiger partial charge in [-0.05, 0) is 24.3 Å². The lowest BCUT2D eigenvalue weighted by Crippen LogP contribution is -2.50. The van der Waals surface area contributed by atoms with E-state index >= 15 is 0 Å². The molecule has 2 aliphatic rings. The summed E-state index contributed by atoms with van der Waals surface area (Å²) < 4.78 is 0. The molecule has 142 valence electrons. The van der Waals surface area contributed by atoms with Crippen molar-refractivity contribution in [3.63, 3.8) is 0 Å². The van der Waals surface area contributed by atoms with Gasteiger partial charge in [-0.3, -0.25) is 9.59 Å². The molecule has 1 aliphatic heterocycles. The molecule has 1 aliphatic carbocycles. The highest BCUT2D eigenvalue weighted by Crippen LogP contribution is 2.27. The zero-order valence-corrected chi connectivity index (χ0v) is 15.9. The maximum absolute atomic E-state index is 12.5. The van der Waals surface area contributed by atoms with Crippen molar-refractivity contribution in [1.82, 2.24) is 9.80 Å². The lowest BCUT2D eigenvalue weighted by atomic mass is 9.86. The molecule has 1 saturated heterocycles. The van der Waals surface area contributed by atoms with Gasteiger partial charge in [0.25, 0.3) is 0 Å². The molecule has 1 heterocycles. The van der Waals surface area contributed by atoms with E-state index in [1.807, 2.05) is 28.0 Å². The van der Waals surface area contributed by atoms with Crippen molar-refractivity contribution in [2.75, 3.05) is 26.2 Å². The fourth-order valence-corrected chi connectivity index (χ4v) is 4.22. The summed E-state index contributed by atoms with van der Waals surface area (Å²) >= 11 is 0. The van der Waals surface area contributed by atoms with Crippen LogP contribution >= 0.6 is 0 Å². The van der Waals surface area contributed by atoms with E-state index in [0.29, 0.717) is 39.0 Å². The number of benzene rings is 1. The topological polar surface area (TPSA) is 40.6 Å². The van der Waals surface area contributed by atoms with E-state index < -0.39 is 0 Å². The number of amides is 2. The Hall–Kier alpha value is -1.84. The third kappa shape index (κ3) is 5.58. The molecule has 0 N–H and O–H groups in total. The van der Waals surface area contributed by atoms with Crippen LogP contribution in [0.15, 0.2) is 30.3 Å². The summed E-state index contributed by atoms with van der Waals surface area (Å²) in [5.41, 5.74) is 1.21. The summed E-state index contributed by atoms with van der Waals surface area (Å²) in [5, 5.41) is 0. The molecule has 2 amide bonds. The molecule has 0 atom stereocenters. The van der Waals surface area contributed by atoms with E-state index in [1.165, 1.54) is 37.7 Å². The van der Waals surface area contributed by atoms with Gasteiger partial charge in [-0.25, -0.2) is 0 Å². The van der Waals surface area contributed by atoms with Gasteiger partial charge in [0.1, 0.15) is 0 Å². The van der Waals surface area contributed by atoms with Gasteiger partial charge >= 0.3 is 0 Å². The second-order valence-corrected chi connectivity index (χ2v) is 7.79. The minimum atomic E-state index is 0.211. The van der Waals surface area contributed by atoms with Gasteiger partial charge in [-0.15, -0.1) is 0 Å². The van der Waals surface area contributed by atoms with Crippen LogP contribution in [0.5, 0.6) is 0 Å². The number of piperazine rings is 1. The highest BCUT2D eigenvalue weighted by molar-refractivity contribution is 5.78. The van der Waals surface area contributed by atoms with Gasteiger partial charge < -0.3 is 9.80 Å². The van der Waals surface area contributed by atoms with Crippen molar-refractivity contribution >= 4 is 11.8 Å². The molecule has 0 radical (unpaired) electrons. The van der Waals surface area contributed by atoms with Crippen LogP contribution in [0.2, 0.25) is 0 Å². The maximum atomic E-state index is 12.5. The summed E-state index contributed by atoms with van der Waals surface area (Å²) in [4.78, 5) is 28.7. The van der Waals surface area contributed by atoms with Crippen molar-refractivity contribution < 1.29 is 9.59 Å². The molecule has 26 heavy (non-hydrogen) atoms. The summed E-state index contributed by atoms with van der Waals surface area (Å²) in [6.45, 7) is 2.76. The first kappa shape index (κ1) is 18.9. The average Bonchev–Trinajstić information content (AvgIpc) is 2.72. The fourth-order valence-electron chi connectivity index (χ4n) is 4.22. The quantitative estimate of drug-likeness (QED) is 0.781. The first-order chi connectivity index (χ1) is 12.7. The van der Waals surface area contributed by atoms with E-state index in [4.69, 9.17) is 0 Å². The van der Waals surface area contributed by atoms with Crippen LogP contribution in [0.1, 0.15) is 56.9 Å². The maximum Gasteiger partial charge on any atom is 0.223 e. The number of aryl methyl sites for hydroxylation is 1. The molecule has 1 aromatic rings. The highest BCUT2D eigenvalue weighted by atomic mass is 16.2. The Kier molecular flexibility index (Phi) is 7.10. The zero-order chi connectivity index (χ0) is 18.2. The SMILES string of the molecule is O=C(CCc1ccccc1)N1CCN(C(=O)CCC2CCCCC2)CC1. The number of hydrogen-bond donors (Lipinski definition) is 0. The summed E-state index contributed by atoms with van der Waals surface area (Å²) in [6.07, 6.45) is 9.73. The van der Waals surface area contributed by atoms with Crippen LogP contribution in [0, 0.1) is 5.92 Å². The minimum Gasteiger partial charge on any atom is -0.339 e. The van der Waals surface area contributed by atoms with Gasteiger partial charge in [0, 0.05) is 39.0 Å². The van der Waals surface area contributed by atoms with Crippen LogP contribution in [-0.2, 0) is 16.0 Å². The van der Waals surface area contributed by atoms with Crippen molar-refractivity contribution in [3.8, 4) is 0 Å². The summed E-state index contributed by atoms with van der Waals surface area (Å²) in [6, 6.07) is 10.2. The van der Waals surface area contributed by atoms with Gasteiger partial charge in [0.15, 0.2) is 0 Å². The molecule has 2 fully saturated rings. The van der Waals surface area contributed by atoms with E-state index in [0.717, 1.165) is 18.8 Å². The lowest BCUT2D eigenvalue weighted by Gasteiger charge is -2.35. The van der Waals surface area contributed by atoms with Gasteiger partial charge in [0.05, 0.1) is 0 Å². The van der Waals surface area contributed by atoms with Crippen LogP contribution < -0.4 is 0 Å². The summed E-state index contributed by atoms with van der Waals surface area (Å²) in [5.74, 6) is 1.25. The third-order valence-corrected chi connectivity index (χ3v) is 5.95. The van der Waals surface area contributed by atoms with E-state index in [2.05, 4.69) is 12.1 Å². The number of nitrogens with zero attached hydrogens (tertiary/aromatic N) is 2. The molecule has 4 heteroatoms. The van der Waals surface area contributed by atoms with Crippen LogP contribution in [0.25, 0.3) is 0 Å². The number of carbonyl (C=O) groups excluding carboxylic acids is 2. The van der Waals surface area contributed by atoms with E-state index in [1.54, 1.807) is 0 Å². The normalized spacial score (nSPS) is 18.8. The molecule has 4 nitrogen and oxygen atoms in total. The monoisotopic (exact) mass is 356 g/mol. The van der Waals surface area contributed by atoms with Crippen molar-refractivity contribution in [3.05, 3.63) is 35.9 Å². The molecule has 1 aromatic carbocycles. The largest absolute Gasteiger partial charge is 0.339 e. The zero-order valence-electron chi connectivity index (χ0n) is 15.9. The van der Waals surface area contributed by atoms with Crippen LogP contribution in [-0.4, -0.2) is 47.8 Å². The van der Waals surface area contributed by atoms with Crippen LogP contribution in [0.3, 0.4) is 0 Å². The molecule has 1 saturated carbocycles. The fraction of sp³-hybridized carbons (Fsp3) is 0.636. The molecule has 0 bridgehead atoms. The van der Waals surface area contributed by atoms with E-state index in [9.17, 15) is 9.59 Å². The molecule has 0 aromatic heterocycles. The molecule has 3 rings (SSSR count). The Labute approximate surface area is 157 Å². The van der Waals surface area contributed by atoms with Gasteiger partial charge in [-0.2, -0.15) is 0 Å². The van der Waals surface area contributed by atoms with Gasteiger partial charge in [0.2, 0.25) is 11.8 Å². The summed E-state index contributed by atoms with van der Waals surface area (Å²) in [7, 11) is 0. The number of rotatable bonds is 6. The third-order valence-electron chi connectivity index (χ3n) is 5.95. The molecular weight excluding hydrogens is 324 g/mol. The predicted molar refractivity (Wildman–Crippen MR) is 104 cm³/mol. The smallest absolute Gasteiger partial charge is 0.223 e. The van der Waals surface area contributed by atoms with Crippen molar-refractivity contribution in [2.24, 2.45) is 5.92 Å². The molecule has 0 unspecified atom stereocenters. The Bertz CT molecular complexity index is 573. The number of carbonyl (C=O) groups is 2. The second-order valence-electron chi connectivity index (χ2n) is 7.79. The Morgan fingerprint density at radius 3 is 2.00 bits per heavy atom. The average molecular weight is 357 g/mol. The molecular formula is C22H32N2O2. The van der Waals surface area contributed by atoms with Crippen molar-refractivity contribution in [1.29, 1.82) is 0 Å². The minimum absolute atomic E-state index is 0.211. The van der Waals surface area contributed by atoms with Crippen LogP contribution in [0.4, 0.5) is 0 Å². The first-order valence-corrected chi connectivity index (χ1v) is 10.3. The van der Waals surface area contributed by atoms with Gasteiger partial charge in [-0.1, -0.05) is 62.4 Å². The Morgan fingerprint density at radius 2 is 1.38 bits per heavy atom. The molecule has 0 spiro atoms. The first-order valence-electron chi connectivity index (χ1n) is 10.3. The predicted octanol–water partition coefficient (Wildman–Crippen LogP) is 3.65. The van der Waals surface area contributed by atoms with E-state index in [-0.39, 0.29) is 11.8 Å². The second kappa shape index (κ2) is 9.75.